The fourth-order valence-corrected chi connectivity index (χ4v) is 5.05. The maximum atomic E-state index is 14.4. The number of para-hydroxylation sites is 1. The van der Waals surface area contributed by atoms with Gasteiger partial charge in [-0.25, -0.2) is 9.38 Å². The Balaban J connectivity index is 1.68. The summed E-state index contributed by atoms with van der Waals surface area (Å²) in [5.41, 5.74) is 6.22. The van der Waals surface area contributed by atoms with Gasteiger partial charge < -0.3 is 25.8 Å². The molecule has 4 rings (SSSR count). The number of hydrogen-bond acceptors (Lipinski definition) is 9. The first-order chi connectivity index (χ1) is 19.1. The Morgan fingerprint density at radius 2 is 1.80 bits per heavy atom. The average molecular weight is 586 g/mol. The number of anilines is 2. The molecule has 0 bridgehead atoms. The number of amides is 2. The lowest BCUT2D eigenvalue weighted by Crippen LogP contribution is -2.29. The standard InChI is InChI=1S/C26H21ClFN5O6S/c1-38-19-10-7-13(11-15(19)27)30-24(34)21-22(29)23(40-26(21)32-17-6-4-3-5-16(17)28)25(35)31-18-9-8-14(33(36)37)12-20(18)39-2/h3-12,23H,29H2,1-2H3,(H,30,34)(H,31,35)/t23-/m1/s1. The zero-order valence-electron chi connectivity index (χ0n) is 20.9. The lowest BCUT2D eigenvalue weighted by atomic mass is 10.1. The second-order valence-electron chi connectivity index (χ2n) is 8.13. The lowest BCUT2D eigenvalue weighted by molar-refractivity contribution is -0.384. The number of thioether (sulfide) groups is 1. The van der Waals surface area contributed by atoms with Crippen LogP contribution in [0.25, 0.3) is 0 Å². The fraction of sp³-hybridized carbons (Fsp3) is 0.115. The number of nitro groups is 1. The average Bonchev–Trinajstić information content (AvgIpc) is 3.25. The van der Waals surface area contributed by atoms with E-state index in [4.69, 9.17) is 26.8 Å². The van der Waals surface area contributed by atoms with Crippen molar-refractivity contribution in [2.45, 2.75) is 5.25 Å². The molecule has 0 saturated carbocycles. The van der Waals surface area contributed by atoms with Crippen molar-refractivity contribution < 1.29 is 28.4 Å². The van der Waals surface area contributed by atoms with Crippen LogP contribution in [0.5, 0.6) is 11.5 Å². The number of nitrogens with two attached hydrogens (primary N) is 1. The number of rotatable bonds is 8. The Labute approximate surface area is 236 Å². The van der Waals surface area contributed by atoms with Gasteiger partial charge in [-0.3, -0.25) is 19.7 Å². The van der Waals surface area contributed by atoms with E-state index in [0.717, 1.165) is 17.8 Å². The highest BCUT2D eigenvalue weighted by molar-refractivity contribution is 8.16. The van der Waals surface area contributed by atoms with Crippen LogP contribution in [0, 0.1) is 15.9 Å². The molecule has 0 unspecified atom stereocenters. The van der Waals surface area contributed by atoms with Crippen molar-refractivity contribution in [3.8, 4) is 11.5 Å². The summed E-state index contributed by atoms with van der Waals surface area (Å²) in [5.74, 6) is -1.56. The molecule has 206 valence electrons. The third-order valence-corrected chi connectivity index (χ3v) is 7.14. The molecule has 0 spiro atoms. The Bertz CT molecular complexity index is 1580. The molecule has 14 heteroatoms. The first kappa shape index (κ1) is 28.4. The van der Waals surface area contributed by atoms with Crippen LogP contribution >= 0.6 is 23.4 Å². The summed E-state index contributed by atoms with van der Waals surface area (Å²) in [4.78, 5) is 41.4. The molecule has 3 aromatic carbocycles. The molecule has 1 heterocycles. The van der Waals surface area contributed by atoms with E-state index in [1.807, 2.05) is 0 Å². The van der Waals surface area contributed by atoms with Crippen molar-refractivity contribution >= 4 is 63.0 Å². The number of nitrogens with zero attached hydrogens (tertiary/aromatic N) is 2. The third kappa shape index (κ3) is 6.00. The molecule has 40 heavy (non-hydrogen) atoms. The first-order valence-electron chi connectivity index (χ1n) is 11.4. The van der Waals surface area contributed by atoms with Crippen LogP contribution in [0.1, 0.15) is 0 Å². The second kappa shape index (κ2) is 12.1. The van der Waals surface area contributed by atoms with Crippen molar-refractivity contribution in [3.63, 3.8) is 0 Å². The highest BCUT2D eigenvalue weighted by Gasteiger charge is 2.39. The number of aliphatic imine (C=N–C) groups is 1. The molecule has 0 saturated heterocycles. The second-order valence-corrected chi connectivity index (χ2v) is 9.63. The lowest BCUT2D eigenvalue weighted by Gasteiger charge is -2.14. The maximum absolute atomic E-state index is 14.4. The van der Waals surface area contributed by atoms with Gasteiger partial charge >= 0.3 is 0 Å². The van der Waals surface area contributed by atoms with E-state index in [1.165, 1.54) is 50.6 Å². The van der Waals surface area contributed by atoms with Gasteiger partial charge in [0.05, 0.1) is 41.5 Å². The van der Waals surface area contributed by atoms with E-state index in [9.17, 15) is 24.1 Å². The molecular formula is C26H21ClFN5O6S. The number of non-ortho nitro benzene ring substituents is 1. The van der Waals surface area contributed by atoms with Crippen LogP contribution in [0.4, 0.5) is 27.1 Å². The number of ether oxygens (including phenoxy) is 2. The van der Waals surface area contributed by atoms with E-state index < -0.39 is 27.8 Å². The SMILES string of the molecule is COc1ccc(NC(=O)C2=C(N)[C@H](C(=O)Nc3ccc([N+](=O)[O-])cc3OC)SC2=Nc2ccccc2F)cc1Cl. The van der Waals surface area contributed by atoms with Gasteiger partial charge in [0.1, 0.15) is 33.3 Å². The summed E-state index contributed by atoms with van der Waals surface area (Å²) in [5, 5.41) is 15.5. The van der Waals surface area contributed by atoms with Crippen molar-refractivity contribution in [1.82, 2.24) is 0 Å². The van der Waals surface area contributed by atoms with Gasteiger partial charge in [-0.2, -0.15) is 0 Å². The summed E-state index contributed by atoms with van der Waals surface area (Å²) in [6.45, 7) is 0. The molecule has 3 aromatic rings. The normalized spacial score (nSPS) is 15.6. The summed E-state index contributed by atoms with van der Waals surface area (Å²) in [6.07, 6.45) is 0. The highest BCUT2D eigenvalue weighted by Crippen LogP contribution is 2.38. The van der Waals surface area contributed by atoms with E-state index in [0.29, 0.717) is 11.4 Å². The Morgan fingerprint density at radius 1 is 1.07 bits per heavy atom. The van der Waals surface area contributed by atoms with Crippen molar-refractivity contribution in [3.05, 3.63) is 92.9 Å². The molecule has 0 fully saturated rings. The number of halogens is 2. The van der Waals surface area contributed by atoms with E-state index >= 15 is 0 Å². The Hall–Kier alpha value is -4.62. The molecule has 0 aliphatic carbocycles. The molecule has 0 radical (unpaired) electrons. The minimum absolute atomic E-state index is 0.00974. The monoisotopic (exact) mass is 585 g/mol. The zero-order chi connectivity index (χ0) is 29.0. The number of nitro benzene ring substituents is 1. The summed E-state index contributed by atoms with van der Waals surface area (Å²) >= 11 is 7.01. The fourth-order valence-electron chi connectivity index (χ4n) is 3.68. The summed E-state index contributed by atoms with van der Waals surface area (Å²) in [7, 11) is 2.74. The first-order valence-corrected chi connectivity index (χ1v) is 12.7. The Morgan fingerprint density at radius 3 is 2.45 bits per heavy atom. The van der Waals surface area contributed by atoms with Crippen LogP contribution in [0.2, 0.25) is 5.02 Å². The highest BCUT2D eigenvalue weighted by atomic mass is 35.5. The van der Waals surface area contributed by atoms with Gasteiger partial charge in [0, 0.05) is 17.5 Å². The molecule has 1 aliphatic rings. The van der Waals surface area contributed by atoms with Gasteiger partial charge in [-0.15, -0.1) is 0 Å². The van der Waals surface area contributed by atoms with Gasteiger partial charge in [-0.1, -0.05) is 35.5 Å². The number of benzene rings is 3. The van der Waals surface area contributed by atoms with Crippen LogP contribution in [0.15, 0.2) is 76.9 Å². The zero-order valence-corrected chi connectivity index (χ0v) is 22.5. The van der Waals surface area contributed by atoms with E-state index in [-0.39, 0.29) is 44.1 Å². The number of carbonyl (C=O) groups excluding carboxylic acids is 2. The number of methoxy groups -OCH3 is 2. The van der Waals surface area contributed by atoms with Crippen LogP contribution < -0.4 is 25.8 Å². The molecule has 4 N–H and O–H groups in total. The van der Waals surface area contributed by atoms with Gasteiger partial charge in [0.25, 0.3) is 11.6 Å². The van der Waals surface area contributed by atoms with Crippen molar-refractivity contribution in [2.24, 2.45) is 10.7 Å². The molecule has 1 atom stereocenters. The van der Waals surface area contributed by atoms with E-state index in [2.05, 4.69) is 15.6 Å². The van der Waals surface area contributed by atoms with Gasteiger partial charge in [0.15, 0.2) is 0 Å². The molecular weight excluding hydrogens is 565 g/mol. The minimum Gasteiger partial charge on any atom is -0.495 e. The topological polar surface area (TPSA) is 158 Å². The largest absolute Gasteiger partial charge is 0.495 e. The van der Waals surface area contributed by atoms with Crippen molar-refractivity contribution in [1.29, 1.82) is 0 Å². The summed E-state index contributed by atoms with van der Waals surface area (Å²) < 4.78 is 24.7. The smallest absolute Gasteiger partial charge is 0.273 e. The summed E-state index contributed by atoms with van der Waals surface area (Å²) in [6, 6.07) is 13.9. The number of carbonyl (C=O) groups is 2. The third-order valence-electron chi connectivity index (χ3n) is 5.62. The number of nitrogens with one attached hydrogen (secondary N) is 2. The molecule has 1 aliphatic heterocycles. The van der Waals surface area contributed by atoms with Crippen LogP contribution in [-0.4, -0.2) is 41.3 Å². The van der Waals surface area contributed by atoms with Crippen LogP contribution in [0.3, 0.4) is 0 Å². The van der Waals surface area contributed by atoms with E-state index in [1.54, 1.807) is 18.2 Å². The predicted molar refractivity (Wildman–Crippen MR) is 151 cm³/mol. The minimum atomic E-state index is -1.15. The molecule has 11 nitrogen and oxygen atoms in total. The van der Waals surface area contributed by atoms with Gasteiger partial charge in [-0.05, 0) is 36.4 Å². The van der Waals surface area contributed by atoms with Crippen LogP contribution in [-0.2, 0) is 9.59 Å². The van der Waals surface area contributed by atoms with Crippen molar-refractivity contribution in [2.75, 3.05) is 24.9 Å². The van der Waals surface area contributed by atoms with Gasteiger partial charge in [0.2, 0.25) is 5.91 Å². The predicted octanol–water partition coefficient (Wildman–Crippen LogP) is 5.04. The molecule has 0 aromatic heterocycles. The number of hydrogen-bond donors (Lipinski definition) is 3. The molecule has 2 amide bonds. The maximum Gasteiger partial charge on any atom is 0.273 e. The quantitative estimate of drug-likeness (QED) is 0.245. The Kier molecular flexibility index (Phi) is 8.55.